The topological polar surface area (TPSA) is 127 Å². The molecule has 0 saturated carbocycles. The van der Waals surface area contributed by atoms with Crippen LogP contribution >= 0.6 is 0 Å². The molecule has 3 atom stereocenters. The Balaban J connectivity index is 1.69. The van der Waals surface area contributed by atoms with E-state index in [0.29, 0.717) is 38.5 Å². The van der Waals surface area contributed by atoms with Gasteiger partial charge in [-0.15, -0.1) is 0 Å². The van der Waals surface area contributed by atoms with Crippen LogP contribution in [0.2, 0.25) is 0 Å². The SMILES string of the molecule is CC(C)C1(C(=O)Nc2ccccc2)C(=O)N(CC[C@@H](O)C[C@@H](O)CC(=O)O)c2c1c1ccccc1c1cc(F)ccc21. The molecule has 0 aliphatic carbocycles. The minimum Gasteiger partial charge on any atom is -0.481 e. The van der Waals surface area contributed by atoms with E-state index < -0.39 is 53.6 Å². The largest absolute Gasteiger partial charge is 0.481 e. The molecule has 1 aliphatic heterocycles. The second-order valence-corrected chi connectivity index (χ2v) is 11.1. The van der Waals surface area contributed by atoms with Crippen LogP contribution in [0.25, 0.3) is 21.5 Å². The normalized spacial score (nSPS) is 18.0. The van der Waals surface area contributed by atoms with Gasteiger partial charge in [-0.2, -0.15) is 0 Å². The molecule has 5 rings (SSSR count). The number of para-hydroxylation sites is 1. The number of carbonyl (C=O) groups is 3. The van der Waals surface area contributed by atoms with E-state index in [-0.39, 0.29) is 19.4 Å². The highest BCUT2D eigenvalue weighted by atomic mass is 19.1. The number of carboxylic acids is 1. The summed E-state index contributed by atoms with van der Waals surface area (Å²) in [5.41, 5.74) is -0.124. The van der Waals surface area contributed by atoms with Crippen molar-refractivity contribution in [3.63, 3.8) is 0 Å². The maximum absolute atomic E-state index is 14.7. The van der Waals surface area contributed by atoms with Gasteiger partial charge in [-0.3, -0.25) is 14.4 Å². The number of carbonyl (C=O) groups excluding carboxylic acids is 2. The number of aliphatic hydroxyl groups excluding tert-OH is 2. The van der Waals surface area contributed by atoms with Gasteiger partial charge in [-0.1, -0.05) is 56.3 Å². The standard InChI is InChI=1S/C33H33FN2O6/c1-19(2)33(31(41)35-21-8-4-3-5-9-21)29-25-11-7-6-10-24(25)27-16-20(34)12-13-26(27)30(29)36(32(33)42)15-14-22(37)17-23(38)18-28(39)40/h3-13,16,19,22-23,37-38H,14-15,17-18H2,1-2H3,(H,35,41)(H,39,40)/t22-,23-,33?/m1/s1. The molecule has 4 N–H and O–H groups in total. The van der Waals surface area contributed by atoms with Crippen molar-refractivity contribution in [3.8, 4) is 0 Å². The fourth-order valence-corrected chi connectivity index (χ4v) is 6.21. The molecule has 1 aliphatic rings. The predicted octanol–water partition coefficient (Wildman–Crippen LogP) is 4.99. The molecule has 4 aromatic rings. The van der Waals surface area contributed by atoms with Gasteiger partial charge in [0, 0.05) is 23.2 Å². The summed E-state index contributed by atoms with van der Waals surface area (Å²) in [4.78, 5) is 41.5. The third-order valence-corrected chi connectivity index (χ3v) is 8.10. The summed E-state index contributed by atoms with van der Waals surface area (Å²) in [6, 6.07) is 20.5. The van der Waals surface area contributed by atoms with Crippen LogP contribution in [0, 0.1) is 11.7 Å². The first kappa shape index (κ1) is 29.2. The molecule has 1 unspecified atom stereocenters. The lowest BCUT2D eigenvalue weighted by atomic mass is 9.69. The number of amides is 2. The van der Waals surface area contributed by atoms with Gasteiger partial charge in [0.1, 0.15) is 5.82 Å². The number of anilines is 2. The van der Waals surface area contributed by atoms with Gasteiger partial charge >= 0.3 is 5.97 Å². The molecule has 1 heterocycles. The Morgan fingerprint density at radius 3 is 2.24 bits per heavy atom. The highest BCUT2D eigenvalue weighted by Crippen LogP contribution is 2.54. The van der Waals surface area contributed by atoms with Crippen molar-refractivity contribution < 1.29 is 34.1 Å². The summed E-state index contributed by atoms with van der Waals surface area (Å²) >= 11 is 0. The monoisotopic (exact) mass is 572 g/mol. The first-order valence-electron chi connectivity index (χ1n) is 14.0. The highest BCUT2D eigenvalue weighted by molar-refractivity contribution is 6.32. The highest BCUT2D eigenvalue weighted by Gasteiger charge is 2.59. The van der Waals surface area contributed by atoms with Gasteiger partial charge in [0.15, 0.2) is 5.41 Å². The Hall–Kier alpha value is -4.34. The quantitative estimate of drug-likeness (QED) is 0.157. The zero-order valence-electron chi connectivity index (χ0n) is 23.4. The van der Waals surface area contributed by atoms with Crippen LogP contribution in [0.3, 0.4) is 0 Å². The molecule has 0 fully saturated rings. The van der Waals surface area contributed by atoms with E-state index in [4.69, 9.17) is 5.11 Å². The molecule has 0 aromatic heterocycles. The summed E-state index contributed by atoms with van der Waals surface area (Å²) in [6.45, 7) is 3.62. The third-order valence-electron chi connectivity index (χ3n) is 8.10. The molecule has 9 heteroatoms. The van der Waals surface area contributed by atoms with Crippen molar-refractivity contribution in [3.05, 3.63) is 84.2 Å². The van der Waals surface area contributed by atoms with Crippen molar-refractivity contribution in [1.82, 2.24) is 0 Å². The number of rotatable bonds is 10. The minimum atomic E-state index is -1.65. The molecule has 0 spiro atoms. The van der Waals surface area contributed by atoms with Crippen LogP contribution in [0.15, 0.2) is 72.8 Å². The van der Waals surface area contributed by atoms with Crippen molar-refractivity contribution in [2.45, 2.75) is 50.7 Å². The molecule has 218 valence electrons. The van der Waals surface area contributed by atoms with E-state index in [0.717, 1.165) is 0 Å². The van der Waals surface area contributed by atoms with Crippen LogP contribution in [-0.4, -0.2) is 51.9 Å². The van der Waals surface area contributed by atoms with E-state index in [1.165, 1.54) is 17.0 Å². The summed E-state index contributed by atoms with van der Waals surface area (Å²) in [7, 11) is 0. The maximum atomic E-state index is 14.7. The molecule has 0 radical (unpaired) electrons. The smallest absolute Gasteiger partial charge is 0.305 e. The van der Waals surface area contributed by atoms with E-state index >= 15 is 0 Å². The zero-order chi connectivity index (χ0) is 30.2. The van der Waals surface area contributed by atoms with Gasteiger partial charge in [-0.25, -0.2) is 4.39 Å². The number of nitrogens with zero attached hydrogens (tertiary/aromatic N) is 1. The Morgan fingerprint density at radius 1 is 0.905 bits per heavy atom. The molecule has 4 aromatic carbocycles. The first-order valence-corrected chi connectivity index (χ1v) is 14.0. The van der Waals surface area contributed by atoms with E-state index in [9.17, 15) is 29.0 Å². The van der Waals surface area contributed by atoms with Gasteiger partial charge in [0.2, 0.25) is 11.8 Å². The molecule has 42 heavy (non-hydrogen) atoms. The summed E-state index contributed by atoms with van der Waals surface area (Å²) in [6.07, 6.45) is -3.04. The number of carboxylic acid groups (broad SMARTS) is 1. The second-order valence-electron chi connectivity index (χ2n) is 11.1. The summed E-state index contributed by atoms with van der Waals surface area (Å²) < 4.78 is 14.6. The lowest BCUT2D eigenvalue weighted by Crippen LogP contribution is -2.52. The Morgan fingerprint density at radius 2 is 1.57 bits per heavy atom. The average molecular weight is 573 g/mol. The fourth-order valence-electron chi connectivity index (χ4n) is 6.21. The Bertz CT molecular complexity index is 1670. The number of halogens is 1. The predicted molar refractivity (Wildman–Crippen MR) is 159 cm³/mol. The number of fused-ring (bicyclic) bond motifs is 6. The van der Waals surface area contributed by atoms with E-state index in [1.54, 1.807) is 30.3 Å². The lowest BCUT2D eigenvalue weighted by molar-refractivity contribution is -0.139. The molecular weight excluding hydrogens is 539 g/mol. The number of hydrogen-bond acceptors (Lipinski definition) is 5. The summed E-state index contributed by atoms with van der Waals surface area (Å²) in [5.74, 6) is -3.10. The number of hydrogen-bond donors (Lipinski definition) is 4. The first-order chi connectivity index (χ1) is 20.0. The van der Waals surface area contributed by atoms with Crippen molar-refractivity contribution in [1.29, 1.82) is 0 Å². The molecule has 8 nitrogen and oxygen atoms in total. The van der Waals surface area contributed by atoms with E-state index in [2.05, 4.69) is 5.32 Å². The maximum Gasteiger partial charge on any atom is 0.305 e. The minimum absolute atomic E-state index is 0.00923. The van der Waals surface area contributed by atoms with Gasteiger partial charge in [0.25, 0.3) is 0 Å². The number of benzene rings is 4. The van der Waals surface area contributed by atoms with Crippen LogP contribution < -0.4 is 10.2 Å². The van der Waals surface area contributed by atoms with Crippen molar-refractivity contribution in [2.75, 3.05) is 16.8 Å². The second kappa shape index (κ2) is 11.5. The van der Waals surface area contributed by atoms with Gasteiger partial charge in [0.05, 0.1) is 24.3 Å². The third kappa shape index (κ3) is 4.99. The van der Waals surface area contributed by atoms with Gasteiger partial charge < -0.3 is 25.5 Å². The number of aliphatic carboxylic acids is 1. The van der Waals surface area contributed by atoms with Crippen LogP contribution in [0.4, 0.5) is 15.8 Å². The zero-order valence-corrected chi connectivity index (χ0v) is 23.4. The Kier molecular flexibility index (Phi) is 7.99. The average Bonchev–Trinajstić information content (AvgIpc) is 3.21. The number of nitrogens with one attached hydrogen (secondary N) is 1. The lowest BCUT2D eigenvalue weighted by Gasteiger charge is -2.32. The summed E-state index contributed by atoms with van der Waals surface area (Å²) in [5, 5.41) is 35.1. The van der Waals surface area contributed by atoms with Crippen molar-refractivity contribution >= 4 is 50.7 Å². The van der Waals surface area contributed by atoms with Crippen LogP contribution in [0.1, 0.15) is 38.7 Å². The molecular formula is C33H33FN2O6. The van der Waals surface area contributed by atoms with Crippen LogP contribution in [0.5, 0.6) is 0 Å². The molecule has 2 amide bonds. The molecule has 0 bridgehead atoms. The van der Waals surface area contributed by atoms with E-state index in [1.807, 2.05) is 44.2 Å². The molecule has 0 saturated heterocycles. The Labute approximate surface area is 242 Å². The fraction of sp³-hybridized carbons (Fsp3) is 0.303. The number of aliphatic hydroxyl groups is 2. The van der Waals surface area contributed by atoms with Crippen molar-refractivity contribution in [2.24, 2.45) is 5.92 Å². The van der Waals surface area contributed by atoms with Crippen LogP contribution in [-0.2, 0) is 19.8 Å². The van der Waals surface area contributed by atoms with Gasteiger partial charge in [-0.05, 0) is 65.3 Å².